The lowest BCUT2D eigenvalue weighted by atomic mass is 9.93. The Balaban J connectivity index is 1.95. The summed E-state index contributed by atoms with van der Waals surface area (Å²) in [5, 5.41) is 11.8. The average molecular weight is 336 g/mol. The number of hydrogen-bond donors (Lipinski definition) is 2. The van der Waals surface area contributed by atoms with Gasteiger partial charge in [-0.1, -0.05) is 25.1 Å². The normalized spacial score (nSPS) is 17.4. The first-order chi connectivity index (χ1) is 11.5. The number of amides is 1. The highest BCUT2D eigenvalue weighted by Crippen LogP contribution is 2.23. The maximum absolute atomic E-state index is 13.9. The van der Waals surface area contributed by atoms with Crippen molar-refractivity contribution >= 4 is 11.9 Å². The Kier molecular flexibility index (Phi) is 6.73. The van der Waals surface area contributed by atoms with Crippen molar-refractivity contribution in [3.63, 3.8) is 0 Å². The summed E-state index contributed by atoms with van der Waals surface area (Å²) in [6.07, 6.45) is 1.96. The summed E-state index contributed by atoms with van der Waals surface area (Å²) < 4.78 is 13.9. The lowest BCUT2D eigenvalue weighted by Crippen LogP contribution is -2.37. The van der Waals surface area contributed by atoms with Gasteiger partial charge >= 0.3 is 5.97 Å². The summed E-state index contributed by atoms with van der Waals surface area (Å²) in [7, 11) is 0. The Labute approximate surface area is 141 Å². The van der Waals surface area contributed by atoms with Gasteiger partial charge in [0.1, 0.15) is 5.82 Å². The first kappa shape index (κ1) is 18.4. The number of carboxylic acids is 1. The molecule has 6 heteroatoms. The van der Waals surface area contributed by atoms with Gasteiger partial charge in [0, 0.05) is 12.0 Å². The third kappa shape index (κ3) is 5.30. The van der Waals surface area contributed by atoms with Crippen LogP contribution in [0.4, 0.5) is 4.39 Å². The van der Waals surface area contributed by atoms with E-state index in [1.807, 2.05) is 0 Å². The summed E-state index contributed by atoms with van der Waals surface area (Å²) in [5.74, 6) is -1.47. The summed E-state index contributed by atoms with van der Waals surface area (Å²) in [6.45, 7) is 5.12. The van der Waals surface area contributed by atoms with E-state index in [0.717, 1.165) is 32.5 Å². The van der Waals surface area contributed by atoms with Gasteiger partial charge in [-0.2, -0.15) is 0 Å². The van der Waals surface area contributed by atoms with E-state index < -0.39 is 17.8 Å². The minimum absolute atomic E-state index is 0.209. The summed E-state index contributed by atoms with van der Waals surface area (Å²) in [4.78, 5) is 25.7. The zero-order valence-corrected chi connectivity index (χ0v) is 14.0. The first-order valence-corrected chi connectivity index (χ1v) is 8.47. The van der Waals surface area contributed by atoms with Gasteiger partial charge in [-0.15, -0.1) is 0 Å². The van der Waals surface area contributed by atoms with E-state index in [1.54, 1.807) is 12.1 Å². The second kappa shape index (κ2) is 8.78. The number of nitrogens with zero attached hydrogens (tertiary/aromatic N) is 1. The zero-order chi connectivity index (χ0) is 17.5. The number of halogens is 1. The van der Waals surface area contributed by atoms with Gasteiger partial charge in [0.25, 0.3) is 0 Å². The monoisotopic (exact) mass is 336 g/mol. The van der Waals surface area contributed by atoms with E-state index in [0.29, 0.717) is 12.3 Å². The van der Waals surface area contributed by atoms with Crippen LogP contribution in [-0.4, -0.2) is 41.5 Å². The maximum atomic E-state index is 13.9. The third-order valence-electron chi connectivity index (χ3n) is 4.62. The fourth-order valence-corrected chi connectivity index (χ4v) is 3.19. The van der Waals surface area contributed by atoms with Crippen LogP contribution in [0.2, 0.25) is 0 Å². The van der Waals surface area contributed by atoms with Crippen molar-refractivity contribution in [1.29, 1.82) is 0 Å². The number of aliphatic carboxylic acids is 1. The average Bonchev–Trinajstić information content (AvgIpc) is 2.55. The van der Waals surface area contributed by atoms with Crippen molar-refractivity contribution in [1.82, 2.24) is 10.2 Å². The van der Waals surface area contributed by atoms with E-state index >= 15 is 0 Å². The molecule has 1 aromatic carbocycles. The Morgan fingerprint density at radius 2 is 2.00 bits per heavy atom. The van der Waals surface area contributed by atoms with Crippen LogP contribution < -0.4 is 5.32 Å². The Morgan fingerprint density at radius 1 is 1.33 bits per heavy atom. The Hall–Kier alpha value is -1.95. The number of nitrogens with one attached hydrogen (secondary N) is 1. The summed E-state index contributed by atoms with van der Waals surface area (Å²) in [5.41, 5.74) is 0.217. The highest BCUT2D eigenvalue weighted by Gasteiger charge is 2.24. The predicted octanol–water partition coefficient (Wildman–Crippen LogP) is 2.58. The van der Waals surface area contributed by atoms with Crippen LogP contribution in [0.15, 0.2) is 24.3 Å². The molecule has 24 heavy (non-hydrogen) atoms. The molecule has 0 aliphatic carbocycles. The second-order valence-electron chi connectivity index (χ2n) is 6.32. The minimum Gasteiger partial charge on any atom is -0.481 e. The third-order valence-corrected chi connectivity index (χ3v) is 4.62. The highest BCUT2D eigenvalue weighted by atomic mass is 19.1. The van der Waals surface area contributed by atoms with Gasteiger partial charge < -0.3 is 15.3 Å². The van der Waals surface area contributed by atoms with Crippen LogP contribution in [0.25, 0.3) is 0 Å². The molecule has 5 nitrogen and oxygen atoms in total. The van der Waals surface area contributed by atoms with Gasteiger partial charge in [-0.05, 0) is 44.5 Å². The molecule has 0 bridgehead atoms. The summed E-state index contributed by atoms with van der Waals surface area (Å²) in [6, 6.07) is 5.13. The van der Waals surface area contributed by atoms with Gasteiger partial charge in [0.2, 0.25) is 5.91 Å². The quantitative estimate of drug-likeness (QED) is 0.803. The minimum atomic E-state index is -1.07. The molecule has 1 saturated heterocycles. The van der Waals surface area contributed by atoms with Crippen molar-refractivity contribution in [3.05, 3.63) is 35.6 Å². The second-order valence-corrected chi connectivity index (χ2v) is 6.32. The molecular weight excluding hydrogens is 311 g/mol. The molecule has 1 fully saturated rings. The summed E-state index contributed by atoms with van der Waals surface area (Å²) >= 11 is 0. The van der Waals surface area contributed by atoms with Crippen LogP contribution in [0.3, 0.4) is 0 Å². The SMILES string of the molecule is CCN1CCC(CC(=O)NC(CC(=O)O)c2ccccc2F)CC1. The molecule has 1 aliphatic rings. The smallest absolute Gasteiger partial charge is 0.305 e. The first-order valence-electron chi connectivity index (χ1n) is 8.47. The number of rotatable bonds is 7. The lowest BCUT2D eigenvalue weighted by Gasteiger charge is -2.31. The van der Waals surface area contributed by atoms with Gasteiger partial charge in [-0.3, -0.25) is 9.59 Å². The van der Waals surface area contributed by atoms with Gasteiger partial charge in [0.15, 0.2) is 0 Å². The molecule has 1 unspecified atom stereocenters. The molecule has 1 heterocycles. The zero-order valence-electron chi connectivity index (χ0n) is 14.0. The van der Waals surface area contributed by atoms with Crippen molar-refractivity contribution in [2.24, 2.45) is 5.92 Å². The molecule has 0 radical (unpaired) electrons. The number of carboxylic acid groups (broad SMARTS) is 1. The predicted molar refractivity (Wildman–Crippen MR) is 89.0 cm³/mol. The molecule has 1 aliphatic heterocycles. The van der Waals surface area contributed by atoms with Crippen molar-refractivity contribution in [2.75, 3.05) is 19.6 Å². The van der Waals surface area contributed by atoms with E-state index in [-0.39, 0.29) is 17.9 Å². The van der Waals surface area contributed by atoms with Crippen LogP contribution >= 0.6 is 0 Å². The number of likely N-dealkylation sites (tertiary alicyclic amines) is 1. The standard InChI is InChI=1S/C18H25FN2O3/c1-2-21-9-7-13(8-10-21)11-17(22)20-16(12-18(23)24)14-5-3-4-6-15(14)19/h3-6,13,16H,2,7-12H2,1H3,(H,20,22)(H,23,24). The maximum Gasteiger partial charge on any atom is 0.305 e. The van der Waals surface area contributed by atoms with Crippen molar-refractivity contribution in [2.45, 2.75) is 38.6 Å². The molecule has 2 N–H and O–H groups in total. The van der Waals surface area contributed by atoms with E-state index in [9.17, 15) is 14.0 Å². The van der Waals surface area contributed by atoms with E-state index in [4.69, 9.17) is 5.11 Å². The van der Waals surface area contributed by atoms with Crippen LogP contribution in [-0.2, 0) is 9.59 Å². The lowest BCUT2D eigenvalue weighted by molar-refractivity contribution is -0.137. The van der Waals surface area contributed by atoms with Crippen molar-refractivity contribution in [3.8, 4) is 0 Å². The molecule has 0 aromatic heterocycles. The number of carbonyl (C=O) groups is 2. The van der Waals surface area contributed by atoms with Crippen molar-refractivity contribution < 1.29 is 19.1 Å². The van der Waals surface area contributed by atoms with Gasteiger partial charge in [0.05, 0.1) is 12.5 Å². The number of carbonyl (C=O) groups excluding carboxylic acids is 1. The Morgan fingerprint density at radius 3 is 2.58 bits per heavy atom. The largest absolute Gasteiger partial charge is 0.481 e. The molecule has 132 valence electrons. The van der Waals surface area contributed by atoms with Crippen LogP contribution in [0, 0.1) is 11.7 Å². The molecule has 2 rings (SSSR count). The Bertz CT molecular complexity index is 571. The van der Waals surface area contributed by atoms with Gasteiger partial charge in [-0.25, -0.2) is 4.39 Å². The van der Waals surface area contributed by atoms with Crippen LogP contribution in [0.1, 0.15) is 44.2 Å². The van der Waals surface area contributed by atoms with E-state index in [2.05, 4.69) is 17.1 Å². The molecule has 0 saturated carbocycles. The number of benzene rings is 1. The van der Waals surface area contributed by atoms with E-state index in [1.165, 1.54) is 12.1 Å². The highest BCUT2D eigenvalue weighted by molar-refractivity contribution is 5.78. The van der Waals surface area contributed by atoms with Crippen LogP contribution in [0.5, 0.6) is 0 Å². The molecule has 0 spiro atoms. The molecule has 1 amide bonds. The molecule has 1 atom stereocenters. The molecule has 1 aromatic rings. The fraction of sp³-hybridized carbons (Fsp3) is 0.556. The topological polar surface area (TPSA) is 69.6 Å². The number of piperidine rings is 1. The molecular formula is C18H25FN2O3. The number of hydrogen-bond acceptors (Lipinski definition) is 3. The fourth-order valence-electron chi connectivity index (χ4n) is 3.19.